The predicted molar refractivity (Wildman–Crippen MR) is 128 cm³/mol. The number of amides is 1. The lowest BCUT2D eigenvalue weighted by molar-refractivity contribution is -0.122. The second kappa shape index (κ2) is 8.88. The van der Waals surface area contributed by atoms with Crippen molar-refractivity contribution in [3.63, 3.8) is 0 Å². The summed E-state index contributed by atoms with van der Waals surface area (Å²) < 4.78 is 41.9. The van der Waals surface area contributed by atoms with Crippen LogP contribution in [0.25, 0.3) is 10.2 Å². The molecule has 4 heterocycles. The van der Waals surface area contributed by atoms with Crippen LogP contribution in [0.3, 0.4) is 0 Å². The number of thiophene rings is 1. The van der Waals surface area contributed by atoms with Crippen molar-refractivity contribution in [2.45, 2.75) is 36.1 Å². The molecular formula is C21H20ClN3O5S3. The fraction of sp³-hybridized carbons (Fsp3) is 0.333. The lowest BCUT2D eigenvalue weighted by atomic mass is 10.0. The van der Waals surface area contributed by atoms with E-state index in [0.717, 1.165) is 28.0 Å². The first-order valence-electron chi connectivity index (χ1n) is 10.3. The summed E-state index contributed by atoms with van der Waals surface area (Å²) in [4.78, 5) is 18.2. The fourth-order valence-corrected chi connectivity index (χ4v) is 8.33. The van der Waals surface area contributed by atoms with Crippen molar-refractivity contribution in [1.29, 1.82) is 0 Å². The van der Waals surface area contributed by atoms with Gasteiger partial charge in [-0.15, -0.1) is 17.9 Å². The highest BCUT2D eigenvalue weighted by Gasteiger charge is 2.38. The highest BCUT2D eigenvalue weighted by Crippen LogP contribution is 2.37. The SMILES string of the molecule is C=CCn1c(=NC(=O)C2CCCCN2S(=O)(=O)c2ccc(Cl)s2)sc2cc3c(cc21)OCO3. The van der Waals surface area contributed by atoms with Crippen LogP contribution in [0.15, 0.2) is 46.1 Å². The third kappa shape index (κ3) is 4.12. The highest BCUT2D eigenvalue weighted by atomic mass is 35.5. The van der Waals surface area contributed by atoms with Gasteiger partial charge in [0.25, 0.3) is 15.9 Å². The lowest BCUT2D eigenvalue weighted by Gasteiger charge is -2.31. The van der Waals surface area contributed by atoms with E-state index in [4.69, 9.17) is 21.1 Å². The van der Waals surface area contributed by atoms with E-state index < -0.39 is 22.0 Å². The van der Waals surface area contributed by atoms with Crippen LogP contribution < -0.4 is 14.3 Å². The van der Waals surface area contributed by atoms with E-state index in [1.54, 1.807) is 12.1 Å². The molecule has 0 aliphatic carbocycles. The minimum absolute atomic E-state index is 0.130. The molecule has 1 saturated heterocycles. The largest absolute Gasteiger partial charge is 0.454 e. The number of allylic oxidation sites excluding steroid dienone is 1. The maximum Gasteiger partial charge on any atom is 0.266 e. The van der Waals surface area contributed by atoms with Gasteiger partial charge in [0.15, 0.2) is 16.3 Å². The molecule has 0 spiro atoms. The summed E-state index contributed by atoms with van der Waals surface area (Å²) in [6, 6.07) is 5.89. The smallest absolute Gasteiger partial charge is 0.266 e. The maximum atomic E-state index is 13.3. The van der Waals surface area contributed by atoms with Crippen LogP contribution in [-0.4, -0.2) is 42.6 Å². The predicted octanol–water partition coefficient (Wildman–Crippen LogP) is 4.00. The number of halogens is 1. The van der Waals surface area contributed by atoms with Crippen LogP contribution >= 0.6 is 34.3 Å². The molecule has 1 aromatic carbocycles. The van der Waals surface area contributed by atoms with Crippen LogP contribution in [0.1, 0.15) is 19.3 Å². The Balaban J connectivity index is 1.55. The van der Waals surface area contributed by atoms with Gasteiger partial charge >= 0.3 is 0 Å². The molecule has 1 fully saturated rings. The van der Waals surface area contributed by atoms with Crippen molar-refractivity contribution in [2.75, 3.05) is 13.3 Å². The number of carbonyl (C=O) groups is 1. The van der Waals surface area contributed by atoms with E-state index in [-0.39, 0.29) is 17.5 Å². The first kappa shape index (κ1) is 22.6. The van der Waals surface area contributed by atoms with Crippen molar-refractivity contribution >= 4 is 60.4 Å². The van der Waals surface area contributed by atoms with E-state index >= 15 is 0 Å². The average Bonchev–Trinajstić information content (AvgIpc) is 3.52. The second-order valence-electron chi connectivity index (χ2n) is 7.59. The summed E-state index contributed by atoms with van der Waals surface area (Å²) >= 11 is 8.28. The van der Waals surface area contributed by atoms with Crippen molar-refractivity contribution < 1.29 is 22.7 Å². The van der Waals surface area contributed by atoms with Crippen LogP contribution in [0.4, 0.5) is 0 Å². The van der Waals surface area contributed by atoms with Crippen molar-refractivity contribution in [1.82, 2.24) is 8.87 Å². The Kier molecular flexibility index (Phi) is 6.08. The fourth-order valence-electron chi connectivity index (χ4n) is 4.01. The Morgan fingerprint density at radius 1 is 1.24 bits per heavy atom. The summed E-state index contributed by atoms with van der Waals surface area (Å²) in [6.45, 7) is 4.69. The van der Waals surface area contributed by atoms with Crippen molar-refractivity contribution in [3.05, 3.63) is 46.1 Å². The molecule has 3 aromatic rings. The Morgan fingerprint density at radius 2 is 2.03 bits per heavy atom. The van der Waals surface area contributed by atoms with Crippen LogP contribution in [0.2, 0.25) is 4.34 Å². The van der Waals surface area contributed by atoms with Crippen LogP contribution in [0.5, 0.6) is 11.5 Å². The molecule has 174 valence electrons. The number of thiazole rings is 1. The average molecular weight is 526 g/mol. The molecule has 33 heavy (non-hydrogen) atoms. The van der Waals surface area contributed by atoms with Crippen LogP contribution in [0, 0.1) is 0 Å². The molecule has 0 bridgehead atoms. The highest BCUT2D eigenvalue weighted by molar-refractivity contribution is 7.91. The summed E-state index contributed by atoms with van der Waals surface area (Å²) in [5.41, 5.74) is 0.844. The molecule has 2 aliphatic heterocycles. The number of aromatic nitrogens is 1. The topological polar surface area (TPSA) is 90.2 Å². The number of benzene rings is 1. The molecule has 0 radical (unpaired) electrons. The molecule has 8 nitrogen and oxygen atoms in total. The monoisotopic (exact) mass is 525 g/mol. The number of piperidine rings is 1. The summed E-state index contributed by atoms with van der Waals surface area (Å²) in [5.74, 6) is 0.798. The Hall–Kier alpha value is -2.18. The first-order valence-corrected chi connectivity index (χ1v) is 13.7. The lowest BCUT2D eigenvalue weighted by Crippen LogP contribution is -2.47. The Bertz CT molecular complexity index is 1420. The molecule has 2 aromatic heterocycles. The van der Waals surface area contributed by atoms with E-state index in [2.05, 4.69) is 11.6 Å². The number of sulfonamides is 1. The number of fused-ring (bicyclic) bond motifs is 2. The molecular weight excluding hydrogens is 506 g/mol. The number of hydrogen-bond acceptors (Lipinski definition) is 7. The van der Waals surface area contributed by atoms with Gasteiger partial charge in [0, 0.05) is 25.2 Å². The zero-order chi connectivity index (χ0) is 23.2. The van der Waals surface area contributed by atoms with E-state index in [1.807, 2.05) is 16.7 Å². The normalized spacial score (nSPS) is 19.3. The van der Waals surface area contributed by atoms with Gasteiger partial charge < -0.3 is 14.0 Å². The van der Waals surface area contributed by atoms with Gasteiger partial charge in [-0.3, -0.25) is 4.79 Å². The summed E-state index contributed by atoms with van der Waals surface area (Å²) in [7, 11) is -3.85. The number of carbonyl (C=O) groups excluding carboxylic acids is 1. The quantitative estimate of drug-likeness (QED) is 0.470. The van der Waals surface area contributed by atoms with Gasteiger partial charge in [-0.2, -0.15) is 9.30 Å². The summed E-state index contributed by atoms with van der Waals surface area (Å²) in [6.07, 6.45) is 3.58. The molecule has 1 atom stereocenters. The third-order valence-electron chi connectivity index (χ3n) is 5.54. The number of ether oxygens (including phenoxy) is 2. The Labute approximate surface area is 203 Å². The number of rotatable bonds is 5. The molecule has 1 unspecified atom stereocenters. The molecule has 5 rings (SSSR count). The van der Waals surface area contributed by atoms with Gasteiger partial charge in [0.2, 0.25) is 6.79 Å². The van der Waals surface area contributed by atoms with Gasteiger partial charge in [-0.25, -0.2) is 8.42 Å². The molecule has 2 aliphatic rings. The molecule has 0 N–H and O–H groups in total. The molecule has 0 saturated carbocycles. The standard InChI is InChI=1S/C21H20ClN3O5S3/c1-2-8-24-14-10-15-16(30-12-29-15)11-17(14)31-21(24)23-20(26)13-5-3-4-9-25(13)33(27,28)19-7-6-18(22)32-19/h2,6-7,10-11,13H,1,3-5,8-9,12H2. The van der Waals surface area contributed by atoms with Crippen molar-refractivity contribution in [2.24, 2.45) is 4.99 Å². The minimum atomic E-state index is -3.85. The van der Waals surface area contributed by atoms with E-state index in [0.29, 0.717) is 40.0 Å². The zero-order valence-electron chi connectivity index (χ0n) is 17.4. The van der Waals surface area contributed by atoms with Crippen molar-refractivity contribution in [3.8, 4) is 11.5 Å². The first-order chi connectivity index (χ1) is 15.9. The number of hydrogen-bond donors (Lipinski definition) is 0. The van der Waals surface area contributed by atoms with Gasteiger partial charge in [0.05, 0.1) is 14.6 Å². The maximum absolute atomic E-state index is 13.3. The molecule has 12 heteroatoms. The van der Waals surface area contributed by atoms with Gasteiger partial charge in [0.1, 0.15) is 10.3 Å². The minimum Gasteiger partial charge on any atom is -0.454 e. The van der Waals surface area contributed by atoms with Gasteiger partial charge in [-0.1, -0.05) is 35.4 Å². The third-order valence-corrected chi connectivity index (χ3v) is 10.2. The van der Waals surface area contributed by atoms with E-state index in [9.17, 15) is 13.2 Å². The summed E-state index contributed by atoms with van der Waals surface area (Å²) in [5, 5.41) is 0. The zero-order valence-corrected chi connectivity index (χ0v) is 20.6. The van der Waals surface area contributed by atoms with E-state index in [1.165, 1.54) is 21.7 Å². The number of nitrogens with zero attached hydrogens (tertiary/aromatic N) is 3. The molecule has 1 amide bonds. The Morgan fingerprint density at radius 3 is 2.76 bits per heavy atom. The van der Waals surface area contributed by atoms with Crippen LogP contribution in [-0.2, 0) is 21.4 Å². The van der Waals surface area contributed by atoms with Gasteiger partial charge in [-0.05, 0) is 25.0 Å². The second-order valence-corrected chi connectivity index (χ2v) is 12.4.